The molecule has 1 atom stereocenters. The summed E-state index contributed by atoms with van der Waals surface area (Å²) in [5.41, 5.74) is 3.03. The summed E-state index contributed by atoms with van der Waals surface area (Å²) in [7, 11) is 6.72. The van der Waals surface area contributed by atoms with Gasteiger partial charge in [0, 0.05) is 22.9 Å². The zero-order valence-electron chi connectivity index (χ0n) is 26.6. The third-order valence-corrected chi connectivity index (χ3v) is 10.1. The van der Waals surface area contributed by atoms with E-state index >= 15 is 0 Å². The van der Waals surface area contributed by atoms with Crippen molar-refractivity contribution in [3.63, 3.8) is 0 Å². The fraction of sp³-hybridized carbons (Fsp3) is 0.457. The van der Waals surface area contributed by atoms with E-state index in [1.807, 2.05) is 12.1 Å². The number of halogens is 2. The van der Waals surface area contributed by atoms with Gasteiger partial charge in [0.1, 0.15) is 6.29 Å². The number of likely N-dealkylation sites (N-methyl/N-ethyl adjacent to an activating group) is 1. The van der Waals surface area contributed by atoms with Crippen LogP contribution in [0.2, 0.25) is 10.0 Å². The fourth-order valence-corrected chi connectivity index (χ4v) is 6.99. The molecule has 0 aromatic heterocycles. The maximum absolute atomic E-state index is 11.2. The molecule has 0 amide bonds. The van der Waals surface area contributed by atoms with Crippen LogP contribution in [0.4, 0.5) is 0 Å². The third-order valence-electron chi connectivity index (χ3n) is 9.37. The Kier molecular flexibility index (Phi) is 12.3. The van der Waals surface area contributed by atoms with Gasteiger partial charge in [-0.25, -0.2) is 0 Å². The van der Waals surface area contributed by atoms with Crippen LogP contribution in [0, 0.1) is 4.91 Å². The minimum absolute atomic E-state index is 0.112. The fourth-order valence-electron chi connectivity index (χ4n) is 6.69. The van der Waals surface area contributed by atoms with Crippen LogP contribution >= 0.6 is 23.2 Å². The molecule has 0 bridgehead atoms. The second-order valence-corrected chi connectivity index (χ2v) is 12.8. The molecule has 2 heterocycles. The van der Waals surface area contributed by atoms with Crippen LogP contribution in [0.5, 0.6) is 17.2 Å². The van der Waals surface area contributed by atoms with E-state index in [-0.39, 0.29) is 10.8 Å². The largest absolute Gasteiger partial charge is 0.493 e. The molecule has 8 nitrogen and oxygen atoms in total. The summed E-state index contributed by atoms with van der Waals surface area (Å²) in [4.78, 5) is 26.8. The van der Waals surface area contributed by atoms with Gasteiger partial charge in [-0.3, -0.25) is 4.79 Å². The first-order valence-electron chi connectivity index (χ1n) is 15.2. The zero-order valence-corrected chi connectivity index (χ0v) is 28.1. The number of hydrogen-bond donors (Lipinski definition) is 0. The summed E-state index contributed by atoms with van der Waals surface area (Å²) in [6.07, 6.45) is 4.91. The van der Waals surface area contributed by atoms with E-state index in [0.717, 1.165) is 64.7 Å². The quantitative estimate of drug-likeness (QED) is 0.159. The maximum Gasteiger partial charge on any atom is 0.203 e. The van der Waals surface area contributed by atoms with E-state index in [0.29, 0.717) is 39.4 Å². The Morgan fingerprint density at radius 2 is 1.47 bits per heavy atom. The predicted molar refractivity (Wildman–Crippen MR) is 181 cm³/mol. The van der Waals surface area contributed by atoms with Crippen LogP contribution in [0.15, 0.2) is 65.8 Å². The highest BCUT2D eigenvalue weighted by atomic mass is 35.5. The van der Waals surface area contributed by atoms with Crippen LogP contribution in [0.25, 0.3) is 0 Å². The third kappa shape index (κ3) is 8.17. The van der Waals surface area contributed by atoms with Crippen molar-refractivity contribution in [3.05, 3.63) is 92.3 Å². The van der Waals surface area contributed by atoms with Gasteiger partial charge in [-0.1, -0.05) is 64.8 Å². The van der Waals surface area contributed by atoms with Crippen molar-refractivity contribution in [3.8, 4) is 17.2 Å². The molecule has 10 heteroatoms. The summed E-state index contributed by atoms with van der Waals surface area (Å²) >= 11 is 12.6. The molecule has 2 fully saturated rings. The number of likely N-dealkylation sites (tertiary alicyclic amines) is 2. The molecule has 0 N–H and O–H groups in total. The molecular formula is C35H43Cl2N3O5. The van der Waals surface area contributed by atoms with E-state index in [9.17, 15) is 9.70 Å². The van der Waals surface area contributed by atoms with Crippen molar-refractivity contribution in [1.29, 1.82) is 0 Å². The lowest BCUT2D eigenvalue weighted by molar-refractivity contribution is 0.112. The molecule has 3 aromatic carbocycles. The molecule has 0 unspecified atom stereocenters. The summed E-state index contributed by atoms with van der Waals surface area (Å²) < 4.78 is 15.2. The Morgan fingerprint density at radius 1 is 0.822 bits per heavy atom. The maximum atomic E-state index is 11.2. The lowest BCUT2D eigenvalue weighted by Crippen LogP contribution is -2.46. The first-order chi connectivity index (χ1) is 21.7. The molecule has 2 saturated heterocycles. The number of piperidine rings is 1. The van der Waals surface area contributed by atoms with Gasteiger partial charge in [-0.15, -0.1) is 0 Å². The van der Waals surface area contributed by atoms with Crippen molar-refractivity contribution in [1.82, 2.24) is 9.80 Å². The molecule has 2 aliphatic rings. The zero-order chi connectivity index (χ0) is 32.5. The SMILES string of the molecule is CN1CC[C@](CCN2CCC(CN=O)(c3ccccc3)CC2)(c2ccc(Cl)c(Cl)c2)C1.COc1cc(C=O)cc(OC)c1OC. The Labute approximate surface area is 276 Å². The summed E-state index contributed by atoms with van der Waals surface area (Å²) in [5.74, 6) is 1.45. The van der Waals surface area contributed by atoms with Crippen molar-refractivity contribution in [2.45, 2.75) is 36.5 Å². The van der Waals surface area contributed by atoms with Crippen LogP contribution in [0.1, 0.15) is 47.2 Å². The van der Waals surface area contributed by atoms with E-state index in [4.69, 9.17) is 37.4 Å². The van der Waals surface area contributed by atoms with Crippen molar-refractivity contribution >= 4 is 29.5 Å². The normalized spacial score (nSPS) is 19.7. The Balaban J connectivity index is 0.000000276. The minimum atomic E-state index is -0.117. The van der Waals surface area contributed by atoms with Gasteiger partial charge in [-0.2, -0.15) is 4.91 Å². The second-order valence-electron chi connectivity index (χ2n) is 12.0. The number of nitroso groups, excluding NO2 is 1. The number of nitrogens with zero attached hydrogens (tertiary/aromatic N) is 3. The molecule has 242 valence electrons. The number of carbonyl (C=O) groups is 1. The number of benzene rings is 3. The van der Waals surface area contributed by atoms with Gasteiger partial charge in [0.05, 0.1) is 37.9 Å². The molecule has 3 aromatic rings. The summed E-state index contributed by atoms with van der Waals surface area (Å²) in [6.45, 7) is 5.55. The number of ether oxygens (including phenoxy) is 3. The number of carbonyl (C=O) groups excluding carboxylic acids is 1. The molecule has 0 radical (unpaired) electrons. The van der Waals surface area contributed by atoms with Gasteiger partial charge in [-0.05, 0) is 94.3 Å². The minimum Gasteiger partial charge on any atom is -0.493 e. The monoisotopic (exact) mass is 655 g/mol. The molecule has 0 saturated carbocycles. The van der Waals surface area contributed by atoms with Gasteiger partial charge in [0.2, 0.25) is 5.75 Å². The van der Waals surface area contributed by atoms with Crippen molar-refractivity contribution in [2.75, 3.05) is 67.6 Å². The van der Waals surface area contributed by atoms with Crippen molar-refractivity contribution < 1.29 is 19.0 Å². The average molecular weight is 657 g/mol. The molecule has 45 heavy (non-hydrogen) atoms. The van der Waals surface area contributed by atoms with Crippen LogP contribution in [0.3, 0.4) is 0 Å². The Hall–Kier alpha value is -3.17. The standard InChI is InChI=1S/C25H31Cl2N3O.C10H12O4/c1-29-13-9-25(19-29,21-7-8-22(26)23(27)17-21)12-16-30-14-10-24(11-15-30,18-28-31)20-5-3-2-4-6-20;1-12-8-4-7(6-11)5-9(13-2)10(8)14-3/h2-8,17H,9-16,18-19H2,1H3;4-6H,1-3H3/t25-;/m1./s1. The van der Waals surface area contributed by atoms with Gasteiger partial charge < -0.3 is 24.0 Å². The van der Waals surface area contributed by atoms with E-state index < -0.39 is 0 Å². The molecule has 0 aliphatic carbocycles. The highest BCUT2D eigenvalue weighted by Gasteiger charge is 2.40. The lowest BCUT2D eigenvalue weighted by atomic mass is 9.72. The highest BCUT2D eigenvalue weighted by molar-refractivity contribution is 6.42. The van der Waals surface area contributed by atoms with Crippen LogP contribution < -0.4 is 14.2 Å². The molecular weight excluding hydrogens is 613 g/mol. The molecule has 2 aliphatic heterocycles. The van der Waals surface area contributed by atoms with Gasteiger partial charge in [0.15, 0.2) is 11.5 Å². The Morgan fingerprint density at radius 3 is 1.98 bits per heavy atom. The smallest absolute Gasteiger partial charge is 0.203 e. The Bertz CT molecular complexity index is 1410. The first-order valence-corrected chi connectivity index (χ1v) is 15.9. The van der Waals surface area contributed by atoms with E-state index in [2.05, 4.69) is 58.4 Å². The second kappa shape index (κ2) is 15.9. The summed E-state index contributed by atoms with van der Waals surface area (Å²) in [5, 5.41) is 4.57. The topological polar surface area (TPSA) is 80.7 Å². The molecule has 5 rings (SSSR count). The van der Waals surface area contributed by atoms with Gasteiger partial charge >= 0.3 is 0 Å². The highest BCUT2D eigenvalue weighted by Crippen LogP contribution is 2.41. The number of aldehydes is 1. The van der Waals surface area contributed by atoms with Crippen molar-refractivity contribution in [2.24, 2.45) is 5.18 Å². The van der Waals surface area contributed by atoms with Crippen LogP contribution in [-0.4, -0.2) is 83.7 Å². The summed E-state index contributed by atoms with van der Waals surface area (Å²) in [6, 6.07) is 19.8. The predicted octanol–water partition coefficient (Wildman–Crippen LogP) is 7.28. The average Bonchev–Trinajstić information content (AvgIpc) is 3.47. The van der Waals surface area contributed by atoms with E-state index in [1.54, 1.807) is 12.1 Å². The molecule has 0 spiro atoms. The van der Waals surface area contributed by atoms with Gasteiger partial charge in [0.25, 0.3) is 0 Å². The lowest BCUT2D eigenvalue weighted by Gasteiger charge is -2.42. The number of methoxy groups -OCH3 is 3. The van der Waals surface area contributed by atoms with Crippen LogP contribution in [-0.2, 0) is 10.8 Å². The number of hydrogen-bond acceptors (Lipinski definition) is 8. The number of rotatable bonds is 11. The van der Waals surface area contributed by atoms with E-state index in [1.165, 1.54) is 32.5 Å². The first kappa shape index (κ1) is 34.7.